The SMILES string of the molecule is C=C1C(=O)C(C)=C(CCCC)C1O[Si](C(C)C)(C(C)C)C(C)C. The van der Waals surface area contributed by atoms with Crippen molar-refractivity contribution in [3.8, 4) is 0 Å². The van der Waals surface area contributed by atoms with E-state index in [9.17, 15) is 4.79 Å². The standard InChI is InChI=1S/C20H36O2Si/c1-10-11-12-18-16(8)19(21)17(9)20(18)22-23(13(2)3,14(4)5)15(6)7/h13-15,20H,9-12H2,1-8H3. The molecule has 23 heavy (non-hydrogen) atoms. The molecule has 2 nitrogen and oxygen atoms in total. The van der Waals surface area contributed by atoms with Gasteiger partial charge in [-0.3, -0.25) is 4.79 Å². The molecule has 0 aromatic rings. The van der Waals surface area contributed by atoms with Gasteiger partial charge in [-0.1, -0.05) is 61.5 Å². The van der Waals surface area contributed by atoms with E-state index in [0.29, 0.717) is 22.2 Å². The summed E-state index contributed by atoms with van der Waals surface area (Å²) in [6.45, 7) is 21.9. The van der Waals surface area contributed by atoms with Crippen molar-refractivity contribution in [3.05, 3.63) is 23.3 Å². The van der Waals surface area contributed by atoms with Crippen molar-refractivity contribution in [3.63, 3.8) is 0 Å². The fourth-order valence-corrected chi connectivity index (χ4v) is 9.86. The van der Waals surface area contributed by atoms with Crippen LogP contribution in [0.3, 0.4) is 0 Å². The van der Waals surface area contributed by atoms with Gasteiger partial charge < -0.3 is 4.43 Å². The van der Waals surface area contributed by atoms with Gasteiger partial charge in [-0.25, -0.2) is 0 Å². The lowest BCUT2D eigenvalue weighted by Crippen LogP contribution is -2.50. The first-order valence-corrected chi connectivity index (χ1v) is 11.4. The van der Waals surface area contributed by atoms with Crippen molar-refractivity contribution in [2.75, 3.05) is 0 Å². The molecule has 0 bridgehead atoms. The molecule has 1 aliphatic carbocycles. The highest BCUT2D eigenvalue weighted by atomic mass is 28.4. The molecule has 1 unspecified atom stereocenters. The molecule has 0 saturated carbocycles. The number of hydrogen-bond acceptors (Lipinski definition) is 2. The lowest BCUT2D eigenvalue weighted by molar-refractivity contribution is -0.112. The zero-order chi connectivity index (χ0) is 17.9. The molecule has 1 rings (SSSR count). The first kappa shape index (κ1) is 20.4. The van der Waals surface area contributed by atoms with Gasteiger partial charge in [0.15, 0.2) is 5.78 Å². The highest BCUT2D eigenvalue weighted by molar-refractivity contribution is 6.77. The quantitative estimate of drug-likeness (QED) is 0.390. The average Bonchev–Trinajstić information content (AvgIpc) is 2.65. The number of rotatable bonds is 8. The van der Waals surface area contributed by atoms with E-state index >= 15 is 0 Å². The van der Waals surface area contributed by atoms with Crippen LogP contribution in [0.15, 0.2) is 23.3 Å². The van der Waals surface area contributed by atoms with Crippen molar-refractivity contribution in [1.29, 1.82) is 0 Å². The average molecular weight is 337 g/mol. The van der Waals surface area contributed by atoms with Crippen LogP contribution < -0.4 is 0 Å². The number of allylic oxidation sites excluding steroid dienone is 1. The number of carbonyl (C=O) groups is 1. The Balaban J connectivity index is 3.25. The maximum Gasteiger partial charge on any atom is 0.201 e. The number of Topliss-reactive ketones (excluding diaryl/α,β-unsaturated/α-hetero) is 1. The number of unbranched alkanes of at least 4 members (excludes halogenated alkanes) is 1. The summed E-state index contributed by atoms with van der Waals surface area (Å²) in [6.07, 6.45) is 3.02. The molecular weight excluding hydrogens is 300 g/mol. The Bertz CT molecular complexity index is 464. The second-order valence-corrected chi connectivity index (χ2v) is 13.3. The van der Waals surface area contributed by atoms with Gasteiger partial charge in [-0.15, -0.1) is 0 Å². The molecule has 132 valence electrons. The highest BCUT2D eigenvalue weighted by Gasteiger charge is 2.49. The number of hydrogen-bond donors (Lipinski definition) is 0. The smallest absolute Gasteiger partial charge is 0.201 e. The van der Waals surface area contributed by atoms with Crippen LogP contribution in [0.1, 0.15) is 74.7 Å². The Kier molecular flexibility index (Phi) is 7.03. The van der Waals surface area contributed by atoms with Crippen molar-refractivity contribution < 1.29 is 9.22 Å². The van der Waals surface area contributed by atoms with Crippen LogP contribution >= 0.6 is 0 Å². The molecule has 0 aliphatic heterocycles. The van der Waals surface area contributed by atoms with Gasteiger partial charge in [0.2, 0.25) is 8.32 Å². The zero-order valence-electron chi connectivity index (χ0n) is 16.5. The van der Waals surface area contributed by atoms with Gasteiger partial charge in [0, 0.05) is 5.57 Å². The molecule has 0 aromatic carbocycles. The van der Waals surface area contributed by atoms with Gasteiger partial charge in [0.25, 0.3) is 0 Å². The van der Waals surface area contributed by atoms with Crippen molar-refractivity contribution in [1.82, 2.24) is 0 Å². The summed E-state index contributed by atoms with van der Waals surface area (Å²) in [6, 6.07) is 0. The van der Waals surface area contributed by atoms with Crippen LogP contribution in [0.4, 0.5) is 0 Å². The summed E-state index contributed by atoms with van der Waals surface area (Å²) < 4.78 is 6.91. The fraction of sp³-hybridized carbons (Fsp3) is 0.750. The van der Waals surface area contributed by atoms with Crippen LogP contribution in [-0.2, 0) is 9.22 Å². The molecule has 0 heterocycles. The van der Waals surface area contributed by atoms with Crippen molar-refractivity contribution in [2.24, 2.45) is 0 Å². The number of ketones is 1. The Morgan fingerprint density at radius 2 is 1.57 bits per heavy atom. The topological polar surface area (TPSA) is 26.3 Å². The molecule has 0 spiro atoms. The van der Waals surface area contributed by atoms with E-state index in [4.69, 9.17) is 4.43 Å². The minimum atomic E-state index is -2.02. The number of carbonyl (C=O) groups excluding carboxylic acids is 1. The minimum absolute atomic E-state index is 0.111. The van der Waals surface area contributed by atoms with Gasteiger partial charge in [-0.2, -0.15) is 0 Å². The predicted molar refractivity (Wildman–Crippen MR) is 102 cm³/mol. The maximum atomic E-state index is 12.5. The van der Waals surface area contributed by atoms with Crippen molar-refractivity contribution in [2.45, 2.75) is 97.4 Å². The predicted octanol–water partition coefficient (Wildman–Crippen LogP) is 6.19. The molecule has 0 radical (unpaired) electrons. The van der Waals surface area contributed by atoms with Crippen LogP contribution in [0, 0.1) is 0 Å². The molecule has 1 aliphatic rings. The lowest BCUT2D eigenvalue weighted by Gasteiger charge is -2.44. The summed E-state index contributed by atoms with van der Waals surface area (Å²) in [5.41, 5.74) is 4.27. The minimum Gasteiger partial charge on any atom is -0.405 e. The molecule has 0 aromatic heterocycles. The maximum absolute atomic E-state index is 12.5. The Hall–Kier alpha value is -0.673. The molecule has 0 amide bonds. The van der Waals surface area contributed by atoms with Crippen molar-refractivity contribution >= 4 is 14.1 Å². The van der Waals surface area contributed by atoms with Crippen LogP contribution in [0.2, 0.25) is 16.6 Å². The van der Waals surface area contributed by atoms with Crippen LogP contribution in [0.25, 0.3) is 0 Å². The molecular formula is C20H36O2Si. The van der Waals surface area contributed by atoms with Gasteiger partial charge in [-0.05, 0) is 47.5 Å². The molecule has 3 heteroatoms. The largest absolute Gasteiger partial charge is 0.405 e. The first-order chi connectivity index (χ1) is 10.6. The third-order valence-corrected chi connectivity index (χ3v) is 11.6. The highest BCUT2D eigenvalue weighted by Crippen LogP contribution is 2.46. The lowest BCUT2D eigenvalue weighted by atomic mass is 10.0. The second-order valence-electron chi connectivity index (χ2n) is 7.92. The first-order valence-electron chi connectivity index (χ1n) is 9.22. The van der Waals surface area contributed by atoms with E-state index < -0.39 is 8.32 Å². The normalized spacial score (nSPS) is 19.9. The van der Waals surface area contributed by atoms with Gasteiger partial charge in [0.05, 0.1) is 6.10 Å². The molecule has 0 saturated heterocycles. The van der Waals surface area contributed by atoms with E-state index in [-0.39, 0.29) is 11.9 Å². The Labute approximate surface area is 144 Å². The van der Waals surface area contributed by atoms with E-state index in [0.717, 1.165) is 24.8 Å². The van der Waals surface area contributed by atoms with E-state index in [1.54, 1.807) is 0 Å². The van der Waals surface area contributed by atoms with Gasteiger partial charge in [0.1, 0.15) is 0 Å². The summed E-state index contributed by atoms with van der Waals surface area (Å²) in [5, 5.41) is 0. The Morgan fingerprint density at radius 3 is 1.96 bits per heavy atom. The van der Waals surface area contributed by atoms with E-state index in [1.807, 2.05) is 6.92 Å². The third-order valence-electron chi connectivity index (χ3n) is 5.58. The fourth-order valence-electron chi connectivity index (χ4n) is 4.35. The second kappa shape index (κ2) is 7.93. The Morgan fingerprint density at radius 1 is 1.09 bits per heavy atom. The van der Waals surface area contributed by atoms with E-state index in [1.165, 1.54) is 5.57 Å². The summed E-state index contributed by atoms with van der Waals surface area (Å²) in [4.78, 5) is 12.5. The van der Waals surface area contributed by atoms with Gasteiger partial charge >= 0.3 is 0 Å². The summed E-state index contributed by atoms with van der Waals surface area (Å²) in [7, 11) is -2.02. The third kappa shape index (κ3) is 3.71. The van der Waals surface area contributed by atoms with Crippen LogP contribution in [0.5, 0.6) is 0 Å². The molecule has 0 fully saturated rings. The summed E-state index contributed by atoms with van der Waals surface area (Å²) >= 11 is 0. The monoisotopic (exact) mass is 336 g/mol. The van der Waals surface area contributed by atoms with Crippen LogP contribution in [-0.4, -0.2) is 20.2 Å². The molecule has 1 atom stereocenters. The zero-order valence-corrected chi connectivity index (χ0v) is 17.5. The van der Waals surface area contributed by atoms with E-state index in [2.05, 4.69) is 55.0 Å². The molecule has 0 N–H and O–H groups in total. The summed E-state index contributed by atoms with van der Waals surface area (Å²) in [5.74, 6) is 0.111.